The first-order valence-corrected chi connectivity index (χ1v) is 4.48. The van der Waals surface area contributed by atoms with E-state index in [1.165, 1.54) is 5.57 Å². The van der Waals surface area contributed by atoms with Crippen LogP contribution < -0.4 is 0 Å². The second-order valence-corrected chi connectivity index (χ2v) is 4.43. The van der Waals surface area contributed by atoms with Crippen LogP contribution in [0.4, 0.5) is 0 Å². The molecule has 0 aliphatic heterocycles. The van der Waals surface area contributed by atoms with Crippen LogP contribution in [0.25, 0.3) is 0 Å². The van der Waals surface area contributed by atoms with Crippen molar-refractivity contribution in [2.45, 2.75) is 27.2 Å². The van der Waals surface area contributed by atoms with Crippen molar-refractivity contribution in [2.24, 2.45) is 5.41 Å². The van der Waals surface area contributed by atoms with Gasteiger partial charge in [-0.25, -0.2) is 0 Å². The molecule has 2 heteroatoms. The number of hydrogen-bond donors (Lipinski definition) is 1. The lowest BCUT2D eigenvalue weighted by Gasteiger charge is -2.22. The molecule has 0 spiro atoms. The van der Waals surface area contributed by atoms with Crippen LogP contribution in [0.3, 0.4) is 0 Å². The van der Waals surface area contributed by atoms with Gasteiger partial charge in [-0.3, -0.25) is 4.79 Å². The first-order valence-electron chi connectivity index (χ1n) is 4.48. The van der Waals surface area contributed by atoms with Crippen LogP contribution in [0.15, 0.2) is 22.8 Å². The van der Waals surface area contributed by atoms with Crippen molar-refractivity contribution in [3.8, 4) is 0 Å². The van der Waals surface area contributed by atoms with E-state index in [1.54, 1.807) is 6.08 Å². The van der Waals surface area contributed by atoms with Crippen LogP contribution in [-0.2, 0) is 4.79 Å². The van der Waals surface area contributed by atoms with E-state index in [4.69, 9.17) is 5.11 Å². The lowest BCUT2D eigenvalue weighted by Crippen LogP contribution is -2.11. The number of aliphatic hydroxyl groups is 1. The lowest BCUT2D eigenvalue weighted by molar-refractivity contribution is -0.105. The zero-order valence-electron chi connectivity index (χ0n) is 8.42. The summed E-state index contributed by atoms with van der Waals surface area (Å²) >= 11 is 0. The summed E-state index contributed by atoms with van der Waals surface area (Å²) in [5.41, 5.74) is 2.90. The smallest absolute Gasteiger partial charge is 0.146 e. The third-order valence-corrected chi connectivity index (χ3v) is 2.36. The SMILES string of the molecule is CC(C)(C)C1=C(CO)C=C(C=O)C1. The fraction of sp³-hybridized carbons (Fsp3) is 0.545. The molecule has 0 amide bonds. The summed E-state index contributed by atoms with van der Waals surface area (Å²) in [5.74, 6) is 0. The molecule has 0 bridgehead atoms. The molecule has 0 aromatic carbocycles. The van der Waals surface area contributed by atoms with Crippen LogP contribution in [0.5, 0.6) is 0 Å². The van der Waals surface area contributed by atoms with Crippen LogP contribution in [0.1, 0.15) is 27.2 Å². The molecule has 0 saturated carbocycles. The molecule has 0 heterocycles. The number of carbonyl (C=O) groups is 1. The van der Waals surface area contributed by atoms with Gasteiger partial charge in [0.2, 0.25) is 0 Å². The Bertz CT molecular complexity index is 277. The fourth-order valence-electron chi connectivity index (χ4n) is 1.64. The second-order valence-electron chi connectivity index (χ2n) is 4.43. The molecule has 13 heavy (non-hydrogen) atoms. The minimum absolute atomic E-state index is 0.0317. The molecule has 2 nitrogen and oxygen atoms in total. The van der Waals surface area contributed by atoms with E-state index in [-0.39, 0.29) is 12.0 Å². The van der Waals surface area contributed by atoms with Crippen molar-refractivity contribution < 1.29 is 9.90 Å². The van der Waals surface area contributed by atoms with E-state index in [0.717, 1.165) is 17.4 Å². The van der Waals surface area contributed by atoms with Gasteiger partial charge in [0.05, 0.1) is 6.61 Å². The van der Waals surface area contributed by atoms with Gasteiger partial charge < -0.3 is 5.11 Å². The Balaban J connectivity index is 2.96. The van der Waals surface area contributed by atoms with Gasteiger partial charge >= 0.3 is 0 Å². The number of allylic oxidation sites excluding steroid dienone is 2. The molecule has 1 N–H and O–H groups in total. The molecular formula is C11H16O2. The van der Waals surface area contributed by atoms with Crippen molar-refractivity contribution in [2.75, 3.05) is 6.61 Å². The van der Waals surface area contributed by atoms with Gasteiger partial charge in [-0.15, -0.1) is 0 Å². The van der Waals surface area contributed by atoms with Crippen molar-refractivity contribution in [1.29, 1.82) is 0 Å². The largest absolute Gasteiger partial charge is 0.392 e. The fourth-order valence-corrected chi connectivity index (χ4v) is 1.64. The van der Waals surface area contributed by atoms with E-state index in [0.29, 0.717) is 6.42 Å². The zero-order chi connectivity index (χ0) is 10.1. The quantitative estimate of drug-likeness (QED) is 0.658. The van der Waals surface area contributed by atoms with Crippen LogP contribution in [0, 0.1) is 5.41 Å². The highest BCUT2D eigenvalue weighted by Crippen LogP contribution is 2.37. The maximum Gasteiger partial charge on any atom is 0.146 e. The number of aldehydes is 1. The first kappa shape index (κ1) is 10.2. The van der Waals surface area contributed by atoms with E-state index in [9.17, 15) is 4.79 Å². The molecule has 1 rings (SSSR count). The summed E-state index contributed by atoms with van der Waals surface area (Å²) in [4.78, 5) is 10.6. The standard InChI is InChI=1S/C11H16O2/c1-11(2,3)10-5-8(6-12)4-9(10)7-13/h4,6,13H,5,7H2,1-3H3. The molecular weight excluding hydrogens is 164 g/mol. The van der Waals surface area contributed by atoms with Gasteiger partial charge in [0.15, 0.2) is 0 Å². The molecule has 72 valence electrons. The monoisotopic (exact) mass is 180 g/mol. The first-order chi connectivity index (χ1) is 5.99. The van der Waals surface area contributed by atoms with Crippen LogP contribution in [-0.4, -0.2) is 18.0 Å². The maximum atomic E-state index is 10.6. The summed E-state index contributed by atoms with van der Waals surface area (Å²) < 4.78 is 0. The van der Waals surface area contributed by atoms with Gasteiger partial charge in [0.25, 0.3) is 0 Å². The highest BCUT2D eigenvalue weighted by molar-refractivity contribution is 5.77. The Labute approximate surface area is 79.0 Å². The van der Waals surface area contributed by atoms with Crippen LogP contribution in [0.2, 0.25) is 0 Å². The Hall–Kier alpha value is -0.890. The number of aliphatic hydroxyl groups excluding tert-OH is 1. The molecule has 0 fully saturated rings. The number of hydrogen-bond acceptors (Lipinski definition) is 2. The molecule has 0 aromatic rings. The summed E-state index contributed by atoms with van der Waals surface area (Å²) in [5, 5.41) is 9.09. The van der Waals surface area contributed by atoms with Gasteiger partial charge in [-0.1, -0.05) is 26.3 Å². The topological polar surface area (TPSA) is 37.3 Å². The molecule has 0 saturated heterocycles. The Morgan fingerprint density at radius 1 is 1.54 bits per heavy atom. The molecule has 1 aliphatic rings. The van der Waals surface area contributed by atoms with E-state index < -0.39 is 0 Å². The minimum Gasteiger partial charge on any atom is -0.392 e. The zero-order valence-corrected chi connectivity index (χ0v) is 8.42. The normalized spacial score (nSPS) is 17.7. The highest BCUT2D eigenvalue weighted by Gasteiger charge is 2.24. The summed E-state index contributed by atoms with van der Waals surface area (Å²) in [7, 11) is 0. The van der Waals surface area contributed by atoms with Crippen molar-refractivity contribution in [3.63, 3.8) is 0 Å². The van der Waals surface area contributed by atoms with Gasteiger partial charge in [-0.2, -0.15) is 0 Å². The Kier molecular flexibility index (Phi) is 2.71. The van der Waals surface area contributed by atoms with Gasteiger partial charge in [0, 0.05) is 0 Å². The summed E-state index contributed by atoms with van der Waals surface area (Å²) in [6, 6.07) is 0. The van der Waals surface area contributed by atoms with E-state index in [1.807, 2.05) is 0 Å². The third kappa shape index (κ3) is 2.07. The predicted octanol–water partition coefficient (Wildman–Crippen LogP) is 1.85. The third-order valence-electron chi connectivity index (χ3n) is 2.36. The highest BCUT2D eigenvalue weighted by atomic mass is 16.3. The van der Waals surface area contributed by atoms with E-state index >= 15 is 0 Å². The Morgan fingerprint density at radius 2 is 2.15 bits per heavy atom. The van der Waals surface area contributed by atoms with E-state index in [2.05, 4.69) is 20.8 Å². The molecule has 0 atom stereocenters. The molecule has 1 aliphatic carbocycles. The lowest BCUT2D eigenvalue weighted by atomic mass is 9.83. The maximum absolute atomic E-state index is 10.6. The van der Waals surface area contributed by atoms with Gasteiger partial charge in [0.1, 0.15) is 6.29 Å². The predicted molar refractivity (Wildman–Crippen MR) is 52.3 cm³/mol. The van der Waals surface area contributed by atoms with Crippen molar-refractivity contribution >= 4 is 6.29 Å². The Morgan fingerprint density at radius 3 is 2.46 bits per heavy atom. The average Bonchev–Trinajstić information content (AvgIpc) is 2.46. The van der Waals surface area contributed by atoms with Gasteiger partial charge in [-0.05, 0) is 29.1 Å². The second kappa shape index (κ2) is 3.46. The molecule has 0 radical (unpaired) electrons. The summed E-state index contributed by atoms with van der Waals surface area (Å²) in [6.45, 7) is 6.32. The van der Waals surface area contributed by atoms with Crippen molar-refractivity contribution in [1.82, 2.24) is 0 Å². The van der Waals surface area contributed by atoms with Crippen LogP contribution >= 0.6 is 0 Å². The average molecular weight is 180 g/mol. The minimum atomic E-state index is 0.0317. The summed E-state index contributed by atoms with van der Waals surface area (Å²) in [6.07, 6.45) is 3.37. The molecule has 0 aromatic heterocycles. The number of rotatable bonds is 2. The molecule has 0 unspecified atom stereocenters. The number of carbonyl (C=O) groups excluding carboxylic acids is 1. The van der Waals surface area contributed by atoms with Crippen molar-refractivity contribution in [3.05, 3.63) is 22.8 Å².